The summed E-state index contributed by atoms with van der Waals surface area (Å²) >= 11 is 0. The number of rotatable bonds is 0. The maximum Gasteiger partial charge on any atom is -0.00139 e. The highest BCUT2D eigenvalue weighted by Crippen LogP contribution is 2.29. The highest BCUT2D eigenvalue weighted by Gasteiger charge is 2.12. The molecule has 72 valence electrons. The van der Waals surface area contributed by atoms with E-state index < -0.39 is 0 Å². The smallest absolute Gasteiger partial charge is 0.00139 e. The highest BCUT2D eigenvalue weighted by molar-refractivity contribution is 5.70. The minimum Gasteiger partial charge on any atom is -0.0622 e. The van der Waals surface area contributed by atoms with Gasteiger partial charge in [0.25, 0.3) is 0 Å². The summed E-state index contributed by atoms with van der Waals surface area (Å²) in [5, 5.41) is 0. The lowest BCUT2D eigenvalue weighted by Crippen LogP contribution is -2.01. The molecule has 0 atom stereocenters. The summed E-state index contributed by atoms with van der Waals surface area (Å²) in [6.45, 7) is 0. The molecule has 1 aromatic carbocycles. The van der Waals surface area contributed by atoms with Crippen molar-refractivity contribution in [1.82, 2.24) is 0 Å². The number of fused-ring (bicyclic) bond motifs is 2. The molecule has 0 saturated carbocycles. The monoisotopic (exact) mass is 192 g/mol. The van der Waals surface area contributed by atoms with Gasteiger partial charge in [0.15, 0.2) is 0 Å². The molecule has 15 heavy (non-hydrogen) atoms. The Kier molecular flexibility index (Phi) is 1.92. The van der Waals surface area contributed by atoms with Gasteiger partial charge in [0.1, 0.15) is 0 Å². The van der Waals surface area contributed by atoms with E-state index in [9.17, 15) is 0 Å². The average Bonchev–Trinajstić information content (AvgIpc) is 2.50. The summed E-state index contributed by atoms with van der Waals surface area (Å²) < 4.78 is 0. The van der Waals surface area contributed by atoms with Crippen molar-refractivity contribution in [2.24, 2.45) is 0 Å². The molecule has 3 rings (SSSR count). The van der Waals surface area contributed by atoms with Crippen LogP contribution in [0.3, 0.4) is 0 Å². The number of allylic oxidation sites excluding steroid dienone is 7. The molecule has 0 bridgehead atoms. The third kappa shape index (κ3) is 1.48. The quantitative estimate of drug-likeness (QED) is 0.588. The van der Waals surface area contributed by atoms with E-state index in [1.165, 1.54) is 22.3 Å². The maximum absolute atomic E-state index is 2.27. The maximum atomic E-state index is 2.27. The van der Waals surface area contributed by atoms with Crippen LogP contribution in [0.4, 0.5) is 0 Å². The number of hydrogen-bond donors (Lipinski definition) is 0. The summed E-state index contributed by atoms with van der Waals surface area (Å²) in [6, 6.07) is 8.61. The Morgan fingerprint density at radius 3 is 2.87 bits per heavy atom. The van der Waals surface area contributed by atoms with Crippen molar-refractivity contribution >= 4 is 6.08 Å². The summed E-state index contributed by atoms with van der Waals surface area (Å²) in [5.41, 5.74) is 5.55. The van der Waals surface area contributed by atoms with Crippen LogP contribution in [-0.4, -0.2) is 0 Å². The van der Waals surface area contributed by atoms with Gasteiger partial charge in [0.05, 0.1) is 0 Å². The van der Waals surface area contributed by atoms with Crippen molar-refractivity contribution in [2.75, 3.05) is 0 Å². The standard InChI is InChI=1S/C15H12/c1-2-6-12-10-14-8-4-5-9-15(14)11-13(12)7-3-1/h1-10H,11H2. The van der Waals surface area contributed by atoms with Crippen molar-refractivity contribution in [3.8, 4) is 0 Å². The zero-order chi connectivity index (χ0) is 10.1. The minimum atomic E-state index is 1.05. The predicted octanol–water partition coefficient (Wildman–Crippen LogP) is 3.68. The van der Waals surface area contributed by atoms with Gasteiger partial charge in [-0.1, -0.05) is 54.6 Å². The molecular formula is C15H12. The van der Waals surface area contributed by atoms with Crippen molar-refractivity contribution in [3.63, 3.8) is 0 Å². The first-order chi connectivity index (χ1) is 7.43. The number of hydrogen-bond acceptors (Lipinski definition) is 0. The molecule has 0 amide bonds. The molecule has 0 heterocycles. The van der Waals surface area contributed by atoms with E-state index >= 15 is 0 Å². The van der Waals surface area contributed by atoms with Crippen molar-refractivity contribution in [1.29, 1.82) is 0 Å². The largest absolute Gasteiger partial charge is 0.0622 e. The molecule has 0 heteroatoms. The summed E-state index contributed by atoms with van der Waals surface area (Å²) in [5.74, 6) is 0. The molecule has 1 aromatic rings. The molecule has 2 aliphatic carbocycles. The van der Waals surface area contributed by atoms with Gasteiger partial charge in [0.2, 0.25) is 0 Å². The number of benzene rings is 1. The van der Waals surface area contributed by atoms with E-state index in [0.29, 0.717) is 0 Å². The van der Waals surface area contributed by atoms with E-state index in [1.54, 1.807) is 0 Å². The Balaban J connectivity index is 2.17. The molecule has 0 fully saturated rings. The molecule has 0 radical (unpaired) electrons. The van der Waals surface area contributed by atoms with Gasteiger partial charge >= 0.3 is 0 Å². The molecule has 0 aliphatic heterocycles. The topological polar surface area (TPSA) is 0 Å². The Morgan fingerprint density at radius 1 is 0.933 bits per heavy atom. The Hall–Kier alpha value is -1.82. The fraction of sp³-hybridized carbons (Fsp3) is 0.0667. The van der Waals surface area contributed by atoms with Crippen LogP contribution in [-0.2, 0) is 6.42 Å². The Bertz CT molecular complexity index is 511. The normalized spacial score (nSPS) is 17.3. The molecule has 0 saturated heterocycles. The second-order valence-electron chi connectivity index (χ2n) is 3.91. The third-order valence-electron chi connectivity index (χ3n) is 2.91. The van der Waals surface area contributed by atoms with E-state index in [2.05, 4.69) is 60.7 Å². The summed E-state index contributed by atoms with van der Waals surface area (Å²) in [7, 11) is 0. The first kappa shape index (κ1) is 8.49. The Labute approximate surface area is 89.9 Å². The first-order valence-electron chi connectivity index (χ1n) is 5.27. The fourth-order valence-electron chi connectivity index (χ4n) is 2.11. The van der Waals surface area contributed by atoms with E-state index in [1.807, 2.05) is 0 Å². The van der Waals surface area contributed by atoms with Crippen LogP contribution in [0.5, 0.6) is 0 Å². The van der Waals surface area contributed by atoms with Crippen molar-refractivity contribution in [2.45, 2.75) is 6.42 Å². The third-order valence-corrected chi connectivity index (χ3v) is 2.91. The van der Waals surface area contributed by atoms with Crippen molar-refractivity contribution < 1.29 is 0 Å². The lowest BCUT2D eigenvalue weighted by Gasteiger charge is -2.16. The van der Waals surface area contributed by atoms with Gasteiger partial charge in [-0.05, 0) is 34.8 Å². The van der Waals surface area contributed by atoms with Crippen LogP contribution in [0.1, 0.15) is 11.1 Å². The van der Waals surface area contributed by atoms with Crippen LogP contribution in [0, 0.1) is 0 Å². The lowest BCUT2D eigenvalue weighted by atomic mass is 9.88. The molecular weight excluding hydrogens is 180 g/mol. The zero-order valence-corrected chi connectivity index (χ0v) is 8.48. The second-order valence-corrected chi connectivity index (χ2v) is 3.91. The molecule has 0 spiro atoms. The lowest BCUT2D eigenvalue weighted by molar-refractivity contribution is 1.15. The highest BCUT2D eigenvalue weighted by atomic mass is 14.2. The summed E-state index contributed by atoms with van der Waals surface area (Å²) in [4.78, 5) is 0. The summed E-state index contributed by atoms with van der Waals surface area (Å²) in [6.07, 6.45) is 14.0. The van der Waals surface area contributed by atoms with Gasteiger partial charge in [-0.15, -0.1) is 0 Å². The van der Waals surface area contributed by atoms with Gasteiger partial charge < -0.3 is 0 Å². The molecule has 2 aliphatic rings. The molecule has 0 N–H and O–H groups in total. The van der Waals surface area contributed by atoms with Gasteiger partial charge in [-0.25, -0.2) is 0 Å². The SMILES string of the molecule is C1=CC=C2Cc3ccccc3C=C2C=C1. The van der Waals surface area contributed by atoms with E-state index in [4.69, 9.17) is 0 Å². The van der Waals surface area contributed by atoms with E-state index in [0.717, 1.165) is 6.42 Å². The van der Waals surface area contributed by atoms with Crippen LogP contribution < -0.4 is 0 Å². The first-order valence-corrected chi connectivity index (χ1v) is 5.27. The second kappa shape index (κ2) is 3.39. The van der Waals surface area contributed by atoms with Gasteiger partial charge in [-0.2, -0.15) is 0 Å². The van der Waals surface area contributed by atoms with Crippen LogP contribution in [0.15, 0.2) is 65.8 Å². The van der Waals surface area contributed by atoms with E-state index in [-0.39, 0.29) is 0 Å². The molecule has 0 unspecified atom stereocenters. The minimum absolute atomic E-state index is 1.05. The molecule has 0 aromatic heterocycles. The van der Waals surface area contributed by atoms with Crippen molar-refractivity contribution in [3.05, 3.63) is 76.9 Å². The van der Waals surface area contributed by atoms with Gasteiger partial charge in [-0.3, -0.25) is 0 Å². The zero-order valence-electron chi connectivity index (χ0n) is 8.48. The van der Waals surface area contributed by atoms with Crippen LogP contribution in [0.2, 0.25) is 0 Å². The van der Waals surface area contributed by atoms with Gasteiger partial charge in [0, 0.05) is 0 Å². The Morgan fingerprint density at radius 2 is 1.87 bits per heavy atom. The molecule has 0 nitrogen and oxygen atoms in total. The van der Waals surface area contributed by atoms with Crippen LogP contribution >= 0.6 is 0 Å². The predicted molar refractivity (Wildman–Crippen MR) is 64.5 cm³/mol. The fourth-order valence-corrected chi connectivity index (χ4v) is 2.11. The average molecular weight is 192 g/mol. The van der Waals surface area contributed by atoms with Crippen LogP contribution in [0.25, 0.3) is 6.08 Å².